The van der Waals surface area contributed by atoms with Gasteiger partial charge in [0.25, 0.3) is 0 Å². The highest BCUT2D eigenvalue weighted by molar-refractivity contribution is 5.76. The zero-order chi connectivity index (χ0) is 24.2. The van der Waals surface area contributed by atoms with Crippen LogP contribution in [0.1, 0.15) is 36.3 Å². The van der Waals surface area contributed by atoms with Crippen LogP contribution in [-0.4, -0.2) is 58.5 Å². The Morgan fingerprint density at radius 1 is 1.09 bits per heavy atom. The number of nitrogens with one attached hydrogen (secondary N) is 1. The van der Waals surface area contributed by atoms with Gasteiger partial charge in [-0.15, -0.1) is 0 Å². The molecule has 1 aliphatic heterocycles. The van der Waals surface area contributed by atoms with Crippen LogP contribution in [0.15, 0.2) is 48.8 Å². The molecule has 4 heterocycles. The summed E-state index contributed by atoms with van der Waals surface area (Å²) in [5.74, 6) is 2.49. The molecular formula is C26H28N8O. The van der Waals surface area contributed by atoms with Gasteiger partial charge in [0.15, 0.2) is 0 Å². The Hall–Kier alpha value is -4.03. The van der Waals surface area contributed by atoms with Crippen molar-refractivity contribution in [1.29, 1.82) is 5.26 Å². The van der Waals surface area contributed by atoms with Crippen LogP contribution in [0.2, 0.25) is 0 Å². The highest BCUT2D eigenvalue weighted by Crippen LogP contribution is 2.42. The quantitative estimate of drug-likeness (QED) is 0.542. The summed E-state index contributed by atoms with van der Waals surface area (Å²) in [6.45, 7) is 3.64. The van der Waals surface area contributed by atoms with Crippen LogP contribution in [0.25, 0.3) is 11.3 Å². The Bertz CT molecular complexity index is 1250. The predicted molar refractivity (Wildman–Crippen MR) is 134 cm³/mol. The highest BCUT2D eigenvalue weighted by atomic mass is 16.1. The Balaban J connectivity index is 1.35. The minimum atomic E-state index is -0.288. The van der Waals surface area contributed by atoms with Crippen molar-refractivity contribution in [3.8, 4) is 17.3 Å². The van der Waals surface area contributed by atoms with E-state index in [1.54, 1.807) is 18.3 Å². The number of anilines is 3. The third-order valence-corrected chi connectivity index (χ3v) is 6.38. The number of amides is 1. The fourth-order valence-electron chi connectivity index (χ4n) is 4.42. The summed E-state index contributed by atoms with van der Waals surface area (Å²) < 4.78 is 0. The molecule has 0 unspecified atom stereocenters. The first kappa shape index (κ1) is 22.7. The lowest BCUT2D eigenvalue weighted by molar-refractivity contribution is -0.119. The van der Waals surface area contributed by atoms with Gasteiger partial charge in [-0.25, -0.2) is 15.0 Å². The SMILES string of the molecule is N#Cc1ccnc(Nc2cc(C3CC3)cc(-c3ccc(N4CCCN(CC(N)=O)CC4)nc3)n2)c1. The summed E-state index contributed by atoms with van der Waals surface area (Å²) in [6.07, 6.45) is 6.82. The van der Waals surface area contributed by atoms with Gasteiger partial charge in [-0.3, -0.25) is 9.69 Å². The van der Waals surface area contributed by atoms with Crippen molar-refractivity contribution in [2.24, 2.45) is 5.73 Å². The molecule has 0 spiro atoms. The zero-order valence-electron chi connectivity index (χ0n) is 19.5. The first-order valence-electron chi connectivity index (χ1n) is 11.9. The van der Waals surface area contributed by atoms with Gasteiger partial charge in [-0.2, -0.15) is 5.26 Å². The number of hydrogen-bond acceptors (Lipinski definition) is 8. The van der Waals surface area contributed by atoms with E-state index in [0.29, 0.717) is 29.7 Å². The first-order chi connectivity index (χ1) is 17.1. The van der Waals surface area contributed by atoms with E-state index in [1.165, 1.54) is 18.4 Å². The standard InChI is InChI=1S/C26H28N8O/c27-15-18-6-7-29-24(12-18)32-25-14-21(19-2-3-19)13-22(31-25)20-4-5-26(30-16-20)34-9-1-8-33(10-11-34)17-23(28)35/h4-7,12-14,16,19H,1-3,8-11,17H2,(H2,28,35)(H,29,31,32). The van der Waals surface area contributed by atoms with Crippen molar-refractivity contribution in [3.63, 3.8) is 0 Å². The number of carbonyl (C=O) groups excluding carboxylic acids is 1. The molecule has 2 fully saturated rings. The van der Waals surface area contributed by atoms with Crippen molar-refractivity contribution in [1.82, 2.24) is 19.9 Å². The van der Waals surface area contributed by atoms with Gasteiger partial charge in [0.1, 0.15) is 17.5 Å². The van der Waals surface area contributed by atoms with Crippen LogP contribution >= 0.6 is 0 Å². The maximum atomic E-state index is 11.3. The Kier molecular flexibility index (Phi) is 6.55. The summed E-state index contributed by atoms with van der Waals surface area (Å²) in [7, 11) is 0. The lowest BCUT2D eigenvalue weighted by Crippen LogP contribution is -2.36. The second kappa shape index (κ2) is 10.1. The summed E-state index contributed by atoms with van der Waals surface area (Å²) in [4.78, 5) is 29.5. The van der Waals surface area contributed by atoms with Gasteiger partial charge in [0.05, 0.1) is 23.9 Å². The lowest BCUT2D eigenvalue weighted by atomic mass is 10.1. The van der Waals surface area contributed by atoms with Gasteiger partial charge in [0.2, 0.25) is 5.91 Å². The molecule has 0 bridgehead atoms. The molecule has 9 nitrogen and oxygen atoms in total. The second-order valence-corrected chi connectivity index (χ2v) is 9.10. The maximum absolute atomic E-state index is 11.3. The molecule has 178 valence electrons. The molecule has 1 saturated heterocycles. The fraction of sp³-hybridized carbons (Fsp3) is 0.346. The van der Waals surface area contributed by atoms with Crippen LogP contribution in [0.3, 0.4) is 0 Å². The number of rotatable bonds is 7. The minimum Gasteiger partial charge on any atom is -0.369 e. The summed E-state index contributed by atoms with van der Waals surface area (Å²) in [5.41, 5.74) is 8.96. The molecule has 1 aliphatic carbocycles. The van der Waals surface area contributed by atoms with Crippen LogP contribution in [-0.2, 0) is 4.79 Å². The number of aromatic nitrogens is 3. The average Bonchev–Trinajstić information content (AvgIpc) is 3.72. The number of nitriles is 1. The number of nitrogens with two attached hydrogens (primary N) is 1. The van der Waals surface area contributed by atoms with E-state index in [-0.39, 0.29) is 5.91 Å². The lowest BCUT2D eigenvalue weighted by Gasteiger charge is -2.22. The van der Waals surface area contributed by atoms with E-state index < -0.39 is 0 Å². The van der Waals surface area contributed by atoms with Crippen molar-refractivity contribution >= 4 is 23.4 Å². The molecule has 0 radical (unpaired) electrons. The molecular weight excluding hydrogens is 440 g/mol. The normalized spacial score (nSPS) is 16.4. The first-order valence-corrected chi connectivity index (χ1v) is 11.9. The average molecular weight is 469 g/mol. The van der Waals surface area contributed by atoms with Crippen LogP contribution < -0.4 is 16.0 Å². The number of hydrogen-bond donors (Lipinski definition) is 2. The third kappa shape index (κ3) is 5.73. The smallest absolute Gasteiger partial charge is 0.231 e. The molecule has 0 atom stereocenters. The molecule has 0 aromatic carbocycles. The van der Waals surface area contributed by atoms with Gasteiger partial charge in [0, 0.05) is 44.1 Å². The van der Waals surface area contributed by atoms with E-state index in [4.69, 9.17) is 15.7 Å². The summed E-state index contributed by atoms with van der Waals surface area (Å²) >= 11 is 0. The number of primary amides is 1. The number of nitrogens with zero attached hydrogens (tertiary/aromatic N) is 6. The Labute approximate surface area is 204 Å². The van der Waals surface area contributed by atoms with Crippen molar-refractivity contribution in [2.75, 3.05) is 42.9 Å². The van der Waals surface area contributed by atoms with E-state index in [9.17, 15) is 10.1 Å². The van der Waals surface area contributed by atoms with Crippen molar-refractivity contribution in [3.05, 3.63) is 59.9 Å². The van der Waals surface area contributed by atoms with Crippen LogP contribution in [0.4, 0.5) is 17.5 Å². The van der Waals surface area contributed by atoms with Crippen molar-refractivity contribution < 1.29 is 4.79 Å². The van der Waals surface area contributed by atoms with E-state index in [0.717, 1.165) is 49.7 Å². The molecule has 3 N–H and O–H groups in total. The Morgan fingerprint density at radius 2 is 1.97 bits per heavy atom. The van der Waals surface area contributed by atoms with Gasteiger partial charge in [-0.1, -0.05) is 0 Å². The van der Waals surface area contributed by atoms with E-state index in [1.807, 2.05) is 12.3 Å². The molecule has 2 aliphatic rings. The van der Waals surface area contributed by atoms with Crippen LogP contribution in [0.5, 0.6) is 0 Å². The molecule has 1 amide bonds. The van der Waals surface area contributed by atoms with Gasteiger partial charge >= 0.3 is 0 Å². The monoisotopic (exact) mass is 468 g/mol. The predicted octanol–water partition coefficient (Wildman–Crippen LogP) is 3.03. The topological polar surface area (TPSA) is 124 Å². The zero-order valence-corrected chi connectivity index (χ0v) is 19.5. The minimum absolute atomic E-state index is 0.288. The molecule has 1 saturated carbocycles. The van der Waals surface area contributed by atoms with Crippen LogP contribution in [0, 0.1) is 11.3 Å². The molecule has 5 rings (SSSR count). The largest absolute Gasteiger partial charge is 0.369 e. The van der Waals surface area contributed by atoms with Crippen molar-refractivity contribution in [2.45, 2.75) is 25.2 Å². The second-order valence-electron chi connectivity index (χ2n) is 9.10. The highest BCUT2D eigenvalue weighted by Gasteiger charge is 2.25. The molecule has 35 heavy (non-hydrogen) atoms. The number of carbonyl (C=O) groups is 1. The van der Waals surface area contributed by atoms with E-state index >= 15 is 0 Å². The Morgan fingerprint density at radius 3 is 2.71 bits per heavy atom. The van der Waals surface area contributed by atoms with Gasteiger partial charge < -0.3 is 16.0 Å². The number of pyridine rings is 3. The molecule has 3 aromatic heterocycles. The summed E-state index contributed by atoms with van der Waals surface area (Å²) in [5, 5.41) is 12.4. The molecule has 9 heteroatoms. The van der Waals surface area contributed by atoms with E-state index in [2.05, 4.69) is 44.4 Å². The maximum Gasteiger partial charge on any atom is 0.231 e. The molecule has 3 aromatic rings. The summed E-state index contributed by atoms with van der Waals surface area (Å²) in [6, 6.07) is 13.8. The van der Waals surface area contributed by atoms with Gasteiger partial charge in [-0.05, 0) is 67.1 Å². The third-order valence-electron chi connectivity index (χ3n) is 6.38. The fourth-order valence-corrected chi connectivity index (χ4v) is 4.42.